The molecule has 0 saturated heterocycles. The Hall–Kier alpha value is -1.42. The molecule has 0 atom stereocenters. The summed E-state index contributed by atoms with van der Waals surface area (Å²) < 4.78 is 18.2. The van der Waals surface area contributed by atoms with Crippen LogP contribution in [0.3, 0.4) is 0 Å². The van der Waals surface area contributed by atoms with E-state index in [2.05, 4.69) is 0 Å². The Morgan fingerprint density at radius 2 is 2.27 bits per heavy atom. The van der Waals surface area contributed by atoms with E-state index < -0.39 is 5.82 Å². The van der Waals surface area contributed by atoms with E-state index in [1.165, 1.54) is 25.3 Å². The van der Waals surface area contributed by atoms with Gasteiger partial charge in [-0.3, -0.25) is 4.79 Å². The fourth-order valence-electron chi connectivity index (χ4n) is 1.22. The van der Waals surface area contributed by atoms with Crippen LogP contribution >= 0.6 is 0 Å². The maximum Gasteiger partial charge on any atom is 0.165 e. The number of rotatable bonds is 5. The van der Waals surface area contributed by atoms with E-state index >= 15 is 0 Å². The van der Waals surface area contributed by atoms with Crippen molar-refractivity contribution in [3.8, 4) is 5.75 Å². The first-order chi connectivity index (χ1) is 7.19. The molecule has 0 amide bonds. The predicted octanol–water partition coefficient (Wildman–Crippen LogP) is 1.79. The standard InChI is InChI=1S/C11H13FO3/c1-15-8-4-5-9(10(12)7-8)11(14)3-2-6-13/h4-5,7,13H,2-3,6H2,1H3. The number of hydrogen-bond donors (Lipinski definition) is 1. The number of aliphatic hydroxyl groups is 1. The van der Waals surface area contributed by atoms with Crippen LogP contribution in [-0.2, 0) is 0 Å². The number of carbonyl (C=O) groups is 1. The highest BCUT2D eigenvalue weighted by atomic mass is 19.1. The van der Waals surface area contributed by atoms with Crippen LogP contribution in [0.1, 0.15) is 23.2 Å². The molecule has 0 aliphatic rings. The number of halogens is 1. The summed E-state index contributed by atoms with van der Waals surface area (Å²) >= 11 is 0. The average Bonchev–Trinajstić information content (AvgIpc) is 2.25. The normalized spacial score (nSPS) is 10.1. The van der Waals surface area contributed by atoms with Crippen LogP contribution in [0.5, 0.6) is 5.75 Å². The summed E-state index contributed by atoms with van der Waals surface area (Å²) in [5.74, 6) is -0.507. The maximum atomic E-state index is 13.4. The molecule has 15 heavy (non-hydrogen) atoms. The van der Waals surface area contributed by atoms with E-state index in [-0.39, 0.29) is 24.4 Å². The molecule has 0 fully saturated rings. The summed E-state index contributed by atoms with van der Waals surface area (Å²) in [5.41, 5.74) is 0.0456. The van der Waals surface area contributed by atoms with E-state index in [9.17, 15) is 9.18 Å². The van der Waals surface area contributed by atoms with E-state index in [1.807, 2.05) is 0 Å². The average molecular weight is 212 g/mol. The highest BCUT2D eigenvalue weighted by Gasteiger charge is 2.11. The summed E-state index contributed by atoms with van der Waals surface area (Å²) in [6, 6.07) is 4.11. The van der Waals surface area contributed by atoms with E-state index in [1.54, 1.807) is 0 Å². The van der Waals surface area contributed by atoms with Crippen LogP contribution in [0.15, 0.2) is 18.2 Å². The lowest BCUT2D eigenvalue weighted by molar-refractivity contribution is 0.0967. The van der Waals surface area contributed by atoms with Gasteiger partial charge in [-0.15, -0.1) is 0 Å². The Bertz CT molecular complexity index is 350. The lowest BCUT2D eigenvalue weighted by Gasteiger charge is -2.04. The molecule has 0 heterocycles. The Labute approximate surface area is 87.5 Å². The van der Waals surface area contributed by atoms with Crippen molar-refractivity contribution in [2.75, 3.05) is 13.7 Å². The molecular formula is C11H13FO3. The zero-order chi connectivity index (χ0) is 11.3. The summed E-state index contributed by atoms with van der Waals surface area (Å²) in [6.45, 7) is -0.0660. The third kappa shape index (κ3) is 3.02. The third-order valence-corrected chi connectivity index (χ3v) is 2.04. The first-order valence-electron chi connectivity index (χ1n) is 4.66. The Morgan fingerprint density at radius 3 is 2.80 bits per heavy atom. The predicted molar refractivity (Wildman–Crippen MR) is 53.6 cm³/mol. The minimum absolute atomic E-state index is 0.0456. The van der Waals surface area contributed by atoms with Gasteiger partial charge in [-0.2, -0.15) is 0 Å². The maximum absolute atomic E-state index is 13.4. The van der Waals surface area contributed by atoms with Gasteiger partial charge in [0, 0.05) is 19.1 Å². The lowest BCUT2D eigenvalue weighted by Crippen LogP contribution is -2.03. The number of carbonyl (C=O) groups excluding carboxylic acids is 1. The highest BCUT2D eigenvalue weighted by Crippen LogP contribution is 2.17. The largest absolute Gasteiger partial charge is 0.497 e. The minimum Gasteiger partial charge on any atom is -0.497 e. The quantitative estimate of drug-likeness (QED) is 0.757. The van der Waals surface area contributed by atoms with E-state index in [0.29, 0.717) is 12.2 Å². The molecule has 0 aliphatic carbocycles. The van der Waals surface area contributed by atoms with Gasteiger partial charge in [0.05, 0.1) is 12.7 Å². The minimum atomic E-state index is -0.586. The summed E-state index contributed by atoms with van der Waals surface area (Å²) in [5, 5.41) is 8.55. The molecule has 1 aromatic rings. The second-order valence-corrected chi connectivity index (χ2v) is 3.10. The molecule has 0 unspecified atom stereocenters. The monoisotopic (exact) mass is 212 g/mol. The van der Waals surface area contributed by atoms with Crippen molar-refractivity contribution in [2.24, 2.45) is 0 Å². The van der Waals surface area contributed by atoms with Gasteiger partial charge in [0.15, 0.2) is 5.78 Å². The van der Waals surface area contributed by atoms with E-state index in [4.69, 9.17) is 9.84 Å². The summed E-state index contributed by atoms with van der Waals surface area (Å²) in [4.78, 5) is 11.4. The third-order valence-electron chi connectivity index (χ3n) is 2.04. The topological polar surface area (TPSA) is 46.5 Å². The number of ether oxygens (including phenoxy) is 1. The number of Topliss-reactive ketones (excluding diaryl/α,β-unsaturated/α-hetero) is 1. The molecule has 1 aromatic carbocycles. The zero-order valence-corrected chi connectivity index (χ0v) is 8.50. The van der Waals surface area contributed by atoms with Crippen molar-refractivity contribution >= 4 is 5.78 Å². The fraction of sp³-hybridized carbons (Fsp3) is 0.364. The number of benzene rings is 1. The van der Waals surface area contributed by atoms with Crippen molar-refractivity contribution in [1.29, 1.82) is 0 Å². The summed E-state index contributed by atoms with van der Waals surface area (Å²) in [6.07, 6.45) is 0.504. The second kappa shape index (κ2) is 5.46. The summed E-state index contributed by atoms with van der Waals surface area (Å²) in [7, 11) is 1.43. The SMILES string of the molecule is COc1ccc(C(=O)CCCO)c(F)c1. The van der Waals surface area contributed by atoms with Crippen LogP contribution < -0.4 is 4.74 Å². The van der Waals surface area contributed by atoms with Gasteiger partial charge in [0.2, 0.25) is 0 Å². The van der Waals surface area contributed by atoms with Gasteiger partial charge in [-0.25, -0.2) is 4.39 Å². The molecule has 0 saturated carbocycles. The highest BCUT2D eigenvalue weighted by molar-refractivity contribution is 5.96. The second-order valence-electron chi connectivity index (χ2n) is 3.10. The fourth-order valence-corrected chi connectivity index (χ4v) is 1.22. The van der Waals surface area contributed by atoms with Crippen molar-refractivity contribution in [3.63, 3.8) is 0 Å². The Kier molecular flexibility index (Phi) is 4.24. The molecule has 0 bridgehead atoms. The first-order valence-corrected chi connectivity index (χ1v) is 4.66. The van der Waals surface area contributed by atoms with Crippen LogP contribution in [0.25, 0.3) is 0 Å². The Morgan fingerprint density at radius 1 is 1.53 bits per heavy atom. The number of ketones is 1. The molecule has 1 rings (SSSR count). The van der Waals surface area contributed by atoms with E-state index in [0.717, 1.165) is 0 Å². The van der Waals surface area contributed by atoms with Gasteiger partial charge in [-0.05, 0) is 18.6 Å². The van der Waals surface area contributed by atoms with Gasteiger partial charge in [-0.1, -0.05) is 0 Å². The molecule has 82 valence electrons. The number of hydrogen-bond acceptors (Lipinski definition) is 3. The van der Waals surface area contributed by atoms with Gasteiger partial charge in [0.25, 0.3) is 0 Å². The van der Waals surface area contributed by atoms with Crippen molar-refractivity contribution in [1.82, 2.24) is 0 Å². The van der Waals surface area contributed by atoms with Crippen LogP contribution in [0.4, 0.5) is 4.39 Å². The van der Waals surface area contributed by atoms with Gasteiger partial charge < -0.3 is 9.84 Å². The van der Waals surface area contributed by atoms with Crippen LogP contribution in [-0.4, -0.2) is 24.6 Å². The molecule has 4 heteroatoms. The van der Waals surface area contributed by atoms with Crippen molar-refractivity contribution in [2.45, 2.75) is 12.8 Å². The number of methoxy groups -OCH3 is 1. The molecule has 0 aromatic heterocycles. The zero-order valence-electron chi connectivity index (χ0n) is 8.50. The number of aliphatic hydroxyl groups excluding tert-OH is 1. The smallest absolute Gasteiger partial charge is 0.165 e. The lowest BCUT2D eigenvalue weighted by atomic mass is 10.1. The van der Waals surface area contributed by atoms with Gasteiger partial charge >= 0.3 is 0 Å². The molecule has 0 radical (unpaired) electrons. The molecule has 1 N–H and O–H groups in total. The van der Waals surface area contributed by atoms with Gasteiger partial charge in [0.1, 0.15) is 11.6 Å². The molecule has 0 aliphatic heterocycles. The Balaban J connectivity index is 2.81. The van der Waals surface area contributed by atoms with Crippen molar-refractivity contribution in [3.05, 3.63) is 29.6 Å². The van der Waals surface area contributed by atoms with Crippen LogP contribution in [0, 0.1) is 5.82 Å². The van der Waals surface area contributed by atoms with Crippen LogP contribution in [0.2, 0.25) is 0 Å². The molecule has 0 spiro atoms. The molecule has 3 nitrogen and oxygen atoms in total. The molecular weight excluding hydrogens is 199 g/mol. The van der Waals surface area contributed by atoms with Crippen molar-refractivity contribution < 1.29 is 19.0 Å². The first kappa shape index (κ1) is 11.7.